The molecule has 0 spiro atoms. The van der Waals surface area contributed by atoms with Gasteiger partial charge in [-0.2, -0.15) is 0 Å². The zero-order valence-electron chi connectivity index (χ0n) is 11.8. The first kappa shape index (κ1) is 13.5. The minimum Gasteiger partial charge on any atom is -0.453 e. The van der Waals surface area contributed by atoms with E-state index in [-0.39, 0.29) is 18.3 Å². The largest absolute Gasteiger partial charge is 0.453 e. The number of carbonyl (C=O) groups excluding carboxylic acids is 2. The van der Waals surface area contributed by atoms with Crippen LogP contribution in [0.4, 0.5) is 5.13 Å². The van der Waals surface area contributed by atoms with Crippen molar-refractivity contribution < 1.29 is 14.3 Å². The maximum absolute atomic E-state index is 12.2. The van der Waals surface area contributed by atoms with Gasteiger partial charge >= 0.3 is 5.97 Å². The number of esters is 1. The fourth-order valence-corrected chi connectivity index (χ4v) is 4.02. The summed E-state index contributed by atoms with van der Waals surface area (Å²) in [7, 11) is 0. The first-order valence-electron chi connectivity index (χ1n) is 7.29. The highest BCUT2D eigenvalue weighted by Gasteiger charge is 2.32. The Labute approximate surface area is 131 Å². The van der Waals surface area contributed by atoms with Crippen LogP contribution in [-0.4, -0.2) is 16.9 Å². The molecule has 1 atom stereocenters. The van der Waals surface area contributed by atoms with Crippen LogP contribution in [0.3, 0.4) is 0 Å². The molecule has 4 rings (SSSR count). The monoisotopic (exact) mass is 314 g/mol. The zero-order valence-corrected chi connectivity index (χ0v) is 12.6. The highest BCUT2D eigenvalue weighted by atomic mass is 32.1. The van der Waals surface area contributed by atoms with E-state index >= 15 is 0 Å². The average Bonchev–Trinajstić information content (AvgIpc) is 3.14. The molecule has 1 aliphatic heterocycles. The lowest BCUT2D eigenvalue weighted by Crippen LogP contribution is -2.15. The van der Waals surface area contributed by atoms with E-state index in [2.05, 4.69) is 10.3 Å². The van der Waals surface area contributed by atoms with E-state index < -0.39 is 6.10 Å². The number of nitrogens with one attached hydrogen (secondary N) is 1. The molecule has 22 heavy (non-hydrogen) atoms. The topological polar surface area (TPSA) is 68.3 Å². The third kappa shape index (κ3) is 2.29. The van der Waals surface area contributed by atoms with E-state index in [9.17, 15) is 9.59 Å². The zero-order chi connectivity index (χ0) is 15.1. The lowest BCUT2D eigenvalue weighted by molar-refractivity contribution is -0.118. The molecule has 2 aromatic rings. The SMILES string of the molecule is O=C(CC1OC(=O)c2ccccc21)Nc1nc2c(s1)CCC2. The maximum atomic E-state index is 12.2. The van der Waals surface area contributed by atoms with Crippen LogP contribution in [0.15, 0.2) is 24.3 Å². The summed E-state index contributed by atoms with van der Waals surface area (Å²) in [6.45, 7) is 0. The Balaban J connectivity index is 1.45. The van der Waals surface area contributed by atoms with E-state index in [1.165, 1.54) is 4.88 Å². The summed E-state index contributed by atoms with van der Waals surface area (Å²) in [5, 5.41) is 3.47. The lowest BCUT2D eigenvalue weighted by Gasteiger charge is -2.09. The second kappa shape index (κ2) is 5.21. The molecular weight excluding hydrogens is 300 g/mol. The van der Waals surface area contributed by atoms with Gasteiger partial charge in [0.15, 0.2) is 5.13 Å². The summed E-state index contributed by atoms with van der Waals surface area (Å²) in [4.78, 5) is 29.6. The van der Waals surface area contributed by atoms with E-state index in [4.69, 9.17) is 4.74 Å². The fourth-order valence-electron chi connectivity index (χ4n) is 2.95. The molecule has 0 fully saturated rings. The second-order valence-electron chi connectivity index (χ2n) is 5.48. The van der Waals surface area contributed by atoms with Crippen LogP contribution in [0.2, 0.25) is 0 Å². The minimum absolute atomic E-state index is 0.118. The average molecular weight is 314 g/mol. The number of hydrogen-bond donors (Lipinski definition) is 1. The minimum atomic E-state index is -0.504. The lowest BCUT2D eigenvalue weighted by atomic mass is 10.0. The van der Waals surface area contributed by atoms with Gasteiger partial charge in [0.05, 0.1) is 17.7 Å². The first-order chi connectivity index (χ1) is 10.7. The quantitative estimate of drug-likeness (QED) is 0.885. The number of carbonyl (C=O) groups is 2. The van der Waals surface area contributed by atoms with Gasteiger partial charge in [-0.05, 0) is 25.3 Å². The van der Waals surface area contributed by atoms with Gasteiger partial charge in [0, 0.05) is 10.4 Å². The van der Waals surface area contributed by atoms with Crippen LogP contribution in [-0.2, 0) is 22.4 Å². The Hall–Kier alpha value is -2.21. The summed E-state index contributed by atoms with van der Waals surface area (Å²) >= 11 is 1.54. The highest BCUT2D eigenvalue weighted by molar-refractivity contribution is 7.15. The summed E-state index contributed by atoms with van der Waals surface area (Å²) in [6.07, 6.45) is 2.81. The summed E-state index contributed by atoms with van der Waals surface area (Å²) in [5.74, 6) is -0.538. The number of anilines is 1. The van der Waals surface area contributed by atoms with Crippen molar-refractivity contribution in [2.45, 2.75) is 31.8 Å². The number of ether oxygens (including phenoxy) is 1. The highest BCUT2D eigenvalue weighted by Crippen LogP contribution is 2.34. The number of amides is 1. The van der Waals surface area contributed by atoms with Crippen LogP contribution in [0.5, 0.6) is 0 Å². The van der Waals surface area contributed by atoms with Gasteiger partial charge in [0.25, 0.3) is 0 Å². The Morgan fingerprint density at radius 2 is 2.23 bits per heavy atom. The van der Waals surface area contributed by atoms with Crippen LogP contribution in [0, 0.1) is 0 Å². The van der Waals surface area contributed by atoms with Crippen LogP contribution < -0.4 is 5.32 Å². The van der Waals surface area contributed by atoms with Crippen LogP contribution in [0.1, 0.15) is 45.4 Å². The number of rotatable bonds is 3. The number of thiazole rings is 1. The fraction of sp³-hybridized carbons (Fsp3) is 0.312. The second-order valence-corrected chi connectivity index (χ2v) is 6.56. The van der Waals surface area contributed by atoms with Crippen molar-refractivity contribution in [3.63, 3.8) is 0 Å². The summed E-state index contributed by atoms with van der Waals surface area (Å²) in [6, 6.07) is 7.19. The normalized spacial score (nSPS) is 18.7. The summed E-state index contributed by atoms with van der Waals surface area (Å²) < 4.78 is 5.28. The van der Waals surface area contributed by atoms with Gasteiger partial charge < -0.3 is 10.1 Å². The molecule has 0 saturated carbocycles. The molecule has 0 radical (unpaired) electrons. The molecule has 2 aliphatic rings. The molecule has 1 aromatic carbocycles. The molecule has 1 amide bonds. The first-order valence-corrected chi connectivity index (χ1v) is 8.10. The van der Waals surface area contributed by atoms with E-state index in [1.807, 2.05) is 12.1 Å². The van der Waals surface area contributed by atoms with Crippen molar-refractivity contribution in [1.82, 2.24) is 4.98 Å². The molecule has 6 heteroatoms. The third-order valence-electron chi connectivity index (χ3n) is 3.99. The summed E-state index contributed by atoms with van der Waals surface area (Å²) in [5.41, 5.74) is 2.44. The van der Waals surface area contributed by atoms with Crippen molar-refractivity contribution >= 4 is 28.3 Å². The smallest absolute Gasteiger partial charge is 0.339 e. The number of cyclic esters (lactones) is 1. The third-order valence-corrected chi connectivity index (χ3v) is 5.06. The molecule has 1 unspecified atom stereocenters. The van der Waals surface area contributed by atoms with Crippen LogP contribution in [0.25, 0.3) is 0 Å². The Morgan fingerprint density at radius 3 is 3.09 bits per heavy atom. The molecule has 0 saturated heterocycles. The Kier molecular flexibility index (Phi) is 3.18. The number of aromatic nitrogens is 1. The van der Waals surface area contributed by atoms with Gasteiger partial charge in [-0.15, -0.1) is 11.3 Å². The van der Waals surface area contributed by atoms with Crippen molar-refractivity contribution in [2.75, 3.05) is 5.32 Å². The standard InChI is InChI=1S/C16H14N2O3S/c19-14(18-16-17-11-6-3-7-13(11)22-16)8-12-9-4-1-2-5-10(9)15(20)21-12/h1-2,4-5,12H,3,6-8H2,(H,17,18,19). The van der Waals surface area contributed by atoms with Crippen molar-refractivity contribution in [2.24, 2.45) is 0 Å². The number of aryl methyl sites for hydroxylation is 2. The number of fused-ring (bicyclic) bond motifs is 2. The molecule has 1 aromatic heterocycles. The molecule has 112 valence electrons. The van der Waals surface area contributed by atoms with Crippen molar-refractivity contribution in [3.8, 4) is 0 Å². The predicted molar refractivity (Wildman–Crippen MR) is 82.0 cm³/mol. The van der Waals surface area contributed by atoms with Gasteiger partial charge in [0.2, 0.25) is 5.91 Å². The molecule has 1 aliphatic carbocycles. The Bertz CT molecular complexity index is 747. The van der Waals surface area contributed by atoms with Crippen LogP contribution >= 0.6 is 11.3 Å². The number of benzene rings is 1. The number of hydrogen-bond acceptors (Lipinski definition) is 5. The molecule has 1 N–H and O–H groups in total. The molecule has 2 heterocycles. The van der Waals surface area contributed by atoms with E-state index in [1.54, 1.807) is 23.5 Å². The van der Waals surface area contributed by atoms with E-state index in [0.29, 0.717) is 10.7 Å². The maximum Gasteiger partial charge on any atom is 0.339 e. The predicted octanol–water partition coefficient (Wildman–Crippen LogP) is 2.87. The van der Waals surface area contributed by atoms with Crippen molar-refractivity contribution in [3.05, 3.63) is 46.0 Å². The molecular formula is C16H14N2O3S. The Morgan fingerprint density at radius 1 is 1.36 bits per heavy atom. The van der Waals surface area contributed by atoms with Gasteiger partial charge in [-0.1, -0.05) is 18.2 Å². The number of nitrogens with zero attached hydrogens (tertiary/aromatic N) is 1. The molecule has 5 nitrogen and oxygen atoms in total. The van der Waals surface area contributed by atoms with E-state index in [0.717, 1.165) is 30.5 Å². The van der Waals surface area contributed by atoms with Gasteiger partial charge in [0.1, 0.15) is 6.10 Å². The van der Waals surface area contributed by atoms with Gasteiger partial charge in [-0.25, -0.2) is 9.78 Å². The molecule has 0 bridgehead atoms. The van der Waals surface area contributed by atoms with Gasteiger partial charge in [-0.3, -0.25) is 4.79 Å². The van der Waals surface area contributed by atoms with Crippen molar-refractivity contribution in [1.29, 1.82) is 0 Å².